The summed E-state index contributed by atoms with van der Waals surface area (Å²) >= 11 is 0. The molecule has 0 heterocycles. The van der Waals surface area contributed by atoms with Gasteiger partial charge in [-0.2, -0.15) is 0 Å². The van der Waals surface area contributed by atoms with Gasteiger partial charge in [0.2, 0.25) is 0 Å². The Kier molecular flexibility index (Phi) is 6.04. The van der Waals surface area contributed by atoms with Gasteiger partial charge in [0.1, 0.15) is 6.17 Å². The fourth-order valence-electron chi connectivity index (χ4n) is 3.31. The minimum absolute atomic E-state index is 0.233. The number of rotatable bonds is 5. The minimum Gasteiger partial charge on any atom is -0.247 e. The Hall–Kier alpha value is -1.32. The first-order valence-corrected chi connectivity index (χ1v) is 7.92. The van der Waals surface area contributed by atoms with Crippen molar-refractivity contribution in [3.8, 4) is 0 Å². The third-order valence-corrected chi connectivity index (χ3v) is 4.53. The molecule has 1 saturated carbocycles. The molecule has 122 valence electrons. The molecule has 0 spiro atoms. The average Bonchev–Trinajstić information content (AvgIpc) is 2.49. The molecule has 0 amide bonds. The van der Waals surface area contributed by atoms with Crippen LogP contribution in [-0.2, 0) is 0 Å². The first kappa shape index (κ1) is 17.0. The van der Waals surface area contributed by atoms with Gasteiger partial charge in [0.05, 0.1) is 0 Å². The van der Waals surface area contributed by atoms with Crippen LogP contribution in [0.15, 0.2) is 24.3 Å². The van der Waals surface area contributed by atoms with Crippen molar-refractivity contribution in [2.24, 2.45) is 5.92 Å². The van der Waals surface area contributed by atoms with E-state index in [1.165, 1.54) is 0 Å². The number of hydrogen-bond acceptors (Lipinski definition) is 0. The second kappa shape index (κ2) is 7.80. The summed E-state index contributed by atoms with van der Waals surface area (Å²) in [5.41, 5.74) is 0.233. The molecule has 1 aromatic carbocycles. The van der Waals surface area contributed by atoms with E-state index in [4.69, 9.17) is 0 Å². The predicted molar refractivity (Wildman–Crippen MR) is 80.0 cm³/mol. The third kappa shape index (κ3) is 4.11. The molecule has 22 heavy (non-hydrogen) atoms. The molecule has 2 unspecified atom stereocenters. The zero-order valence-electron chi connectivity index (χ0n) is 12.8. The van der Waals surface area contributed by atoms with Crippen molar-refractivity contribution in [1.29, 1.82) is 0 Å². The van der Waals surface area contributed by atoms with Crippen LogP contribution in [0, 0.1) is 23.4 Å². The Morgan fingerprint density at radius 2 is 1.82 bits per heavy atom. The van der Waals surface area contributed by atoms with Gasteiger partial charge in [-0.3, -0.25) is 0 Å². The van der Waals surface area contributed by atoms with Gasteiger partial charge in [0.25, 0.3) is 0 Å². The van der Waals surface area contributed by atoms with E-state index >= 15 is 0 Å². The van der Waals surface area contributed by atoms with E-state index < -0.39 is 29.5 Å². The highest BCUT2D eigenvalue weighted by molar-refractivity contribution is 5.24. The van der Waals surface area contributed by atoms with Crippen LogP contribution >= 0.6 is 0 Å². The fourth-order valence-corrected chi connectivity index (χ4v) is 3.31. The Balaban J connectivity index is 1.96. The van der Waals surface area contributed by atoms with Crippen molar-refractivity contribution in [1.82, 2.24) is 0 Å². The van der Waals surface area contributed by atoms with E-state index in [1.54, 1.807) is 0 Å². The molecule has 1 fully saturated rings. The Labute approximate surface area is 129 Å². The topological polar surface area (TPSA) is 0 Å². The first-order valence-electron chi connectivity index (χ1n) is 7.92. The van der Waals surface area contributed by atoms with E-state index in [1.807, 2.05) is 13.0 Å². The molecule has 2 rings (SSSR count). The monoisotopic (exact) mass is 314 g/mol. The van der Waals surface area contributed by atoms with Crippen LogP contribution in [0.25, 0.3) is 0 Å². The molecular formula is C18H22F4. The summed E-state index contributed by atoms with van der Waals surface area (Å²) in [6, 6.07) is 1.87. The van der Waals surface area contributed by atoms with Crippen molar-refractivity contribution in [2.45, 2.75) is 57.5 Å². The summed E-state index contributed by atoms with van der Waals surface area (Å²) in [6.07, 6.45) is 7.82. The molecular weight excluding hydrogens is 292 g/mol. The smallest absolute Gasteiger partial charge is 0.194 e. The van der Waals surface area contributed by atoms with E-state index in [0.29, 0.717) is 18.8 Å². The molecule has 0 radical (unpaired) electrons. The zero-order chi connectivity index (χ0) is 16.1. The molecule has 1 aromatic rings. The number of hydrogen-bond donors (Lipinski definition) is 0. The lowest BCUT2D eigenvalue weighted by Gasteiger charge is -2.32. The third-order valence-electron chi connectivity index (χ3n) is 4.53. The summed E-state index contributed by atoms with van der Waals surface area (Å²) in [5.74, 6) is -4.17. The van der Waals surface area contributed by atoms with Crippen LogP contribution in [0.4, 0.5) is 17.6 Å². The summed E-state index contributed by atoms with van der Waals surface area (Å²) < 4.78 is 53.9. The summed E-state index contributed by atoms with van der Waals surface area (Å²) in [5, 5.41) is 0. The second-order valence-electron chi connectivity index (χ2n) is 6.10. The maximum Gasteiger partial charge on any atom is 0.194 e. The van der Waals surface area contributed by atoms with Gasteiger partial charge in [-0.25, -0.2) is 17.6 Å². The largest absolute Gasteiger partial charge is 0.247 e. The Morgan fingerprint density at radius 3 is 2.41 bits per heavy atom. The van der Waals surface area contributed by atoms with Crippen LogP contribution in [0.2, 0.25) is 0 Å². The van der Waals surface area contributed by atoms with Gasteiger partial charge in [0.15, 0.2) is 17.5 Å². The molecule has 0 nitrogen and oxygen atoms in total. The molecule has 0 N–H and O–H groups in total. The van der Waals surface area contributed by atoms with Gasteiger partial charge >= 0.3 is 0 Å². The van der Waals surface area contributed by atoms with Crippen molar-refractivity contribution < 1.29 is 17.6 Å². The Bertz CT molecular complexity index is 501. The van der Waals surface area contributed by atoms with Crippen LogP contribution in [0.3, 0.4) is 0 Å². The highest BCUT2D eigenvalue weighted by atomic mass is 19.2. The quantitative estimate of drug-likeness (QED) is 0.268. The highest BCUT2D eigenvalue weighted by Crippen LogP contribution is 2.40. The Morgan fingerprint density at radius 1 is 1.14 bits per heavy atom. The van der Waals surface area contributed by atoms with Crippen molar-refractivity contribution in [2.75, 3.05) is 0 Å². The average molecular weight is 314 g/mol. The maximum atomic E-state index is 14.4. The fraction of sp³-hybridized carbons (Fsp3) is 0.556. The van der Waals surface area contributed by atoms with Gasteiger partial charge in [-0.15, -0.1) is 0 Å². The lowest BCUT2D eigenvalue weighted by molar-refractivity contribution is 0.162. The summed E-state index contributed by atoms with van der Waals surface area (Å²) in [6.45, 7) is 1.98. The maximum absolute atomic E-state index is 14.4. The molecule has 0 aromatic heterocycles. The van der Waals surface area contributed by atoms with Gasteiger partial charge in [0, 0.05) is 5.92 Å². The lowest BCUT2D eigenvalue weighted by atomic mass is 9.76. The van der Waals surface area contributed by atoms with Crippen molar-refractivity contribution in [3.05, 3.63) is 47.3 Å². The number of halogens is 4. The molecule has 0 aliphatic heterocycles. The van der Waals surface area contributed by atoms with Gasteiger partial charge < -0.3 is 0 Å². The van der Waals surface area contributed by atoms with Crippen LogP contribution in [0.1, 0.15) is 56.9 Å². The number of allylic oxidation sites excluding steroid dienone is 2. The van der Waals surface area contributed by atoms with E-state index in [2.05, 4.69) is 6.08 Å². The van der Waals surface area contributed by atoms with E-state index in [-0.39, 0.29) is 5.56 Å². The van der Waals surface area contributed by atoms with Gasteiger partial charge in [-0.05, 0) is 62.6 Å². The lowest BCUT2D eigenvalue weighted by Crippen LogP contribution is -2.25. The normalized spacial score (nSPS) is 25.8. The van der Waals surface area contributed by atoms with E-state index in [9.17, 15) is 17.6 Å². The number of unbranched alkanes of at least 4 members (excludes halogenated alkanes) is 1. The standard InChI is InChI=1S/C18H22F4/c1-2-3-4-5-6-12-7-8-14(15(19)9-12)13-10-16(20)18(22)17(21)11-13/h2-3,10-12,14-15H,4-9H2,1H3/t12-,14?,15?/m1/s1. The second-order valence-corrected chi connectivity index (χ2v) is 6.10. The molecule has 1 aliphatic rings. The molecule has 1 aliphatic carbocycles. The molecule has 3 atom stereocenters. The van der Waals surface area contributed by atoms with Crippen LogP contribution < -0.4 is 0 Å². The van der Waals surface area contributed by atoms with Crippen LogP contribution in [0.5, 0.6) is 0 Å². The molecule has 0 saturated heterocycles. The predicted octanol–water partition coefficient (Wildman–Crippen LogP) is 6.07. The molecule has 0 bridgehead atoms. The van der Waals surface area contributed by atoms with Gasteiger partial charge in [-0.1, -0.05) is 18.6 Å². The number of benzene rings is 1. The van der Waals surface area contributed by atoms with Crippen molar-refractivity contribution in [3.63, 3.8) is 0 Å². The van der Waals surface area contributed by atoms with Crippen molar-refractivity contribution >= 4 is 0 Å². The minimum atomic E-state index is -1.49. The highest BCUT2D eigenvalue weighted by Gasteiger charge is 2.32. The van der Waals surface area contributed by atoms with Crippen LogP contribution in [-0.4, -0.2) is 6.17 Å². The zero-order valence-corrected chi connectivity index (χ0v) is 12.8. The first-order chi connectivity index (χ1) is 10.5. The SMILES string of the molecule is CC=CCCC[C@@H]1CCC(c2cc(F)c(F)c(F)c2)C(F)C1. The number of alkyl halides is 1. The summed E-state index contributed by atoms with van der Waals surface area (Å²) in [4.78, 5) is 0. The summed E-state index contributed by atoms with van der Waals surface area (Å²) in [7, 11) is 0. The molecule has 4 heteroatoms. The van der Waals surface area contributed by atoms with E-state index in [0.717, 1.165) is 37.8 Å².